The highest BCUT2D eigenvalue weighted by atomic mass is 32.1. The topological polar surface area (TPSA) is 118 Å². The zero-order valence-corrected chi connectivity index (χ0v) is 18.1. The molecule has 2 amide bonds. The lowest BCUT2D eigenvalue weighted by molar-refractivity contribution is -0.0155. The summed E-state index contributed by atoms with van der Waals surface area (Å²) in [5.74, 6) is 2.11. The van der Waals surface area contributed by atoms with Crippen molar-refractivity contribution in [2.24, 2.45) is 50.3 Å². The van der Waals surface area contributed by atoms with E-state index in [0.717, 1.165) is 37.3 Å². The molecule has 4 rings (SSSR count). The number of carbonyl (C=O) groups is 1. The molecule has 0 bridgehead atoms. The molecule has 0 aromatic heterocycles. The summed E-state index contributed by atoms with van der Waals surface area (Å²) in [5.41, 5.74) is 20.0. The van der Waals surface area contributed by atoms with E-state index < -0.39 is 6.03 Å². The van der Waals surface area contributed by atoms with Gasteiger partial charge in [0.25, 0.3) is 0 Å². The number of hydrogen-bond donors (Lipinski definition) is 4. The second kappa shape index (κ2) is 7.38. The van der Waals surface area contributed by atoms with Crippen molar-refractivity contribution in [2.45, 2.75) is 65.2 Å². The smallest absolute Gasteiger partial charge is 0.332 e. The molecule has 4 aliphatic carbocycles. The lowest BCUT2D eigenvalue weighted by atomic mass is 9.47. The number of amides is 2. The molecule has 158 valence electrons. The number of hydrazone groups is 2. The summed E-state index contributed by atoms with van der Waals surface area (Å²) in [5, 5.41) is 9.02. The molecule has 29 heavy (non-hydrogen) atoms. The fourth-order valence-corrected chi connectivity index (χ4v) is 6.93. The second-order valence-electron chi connectivity index (χ2n) is 9.61. The lowest BCUT2D eigenvalue weighted by Gasteiger charge is -2.57. The van der Waals surface area contributed by atoms with Crippen LogP contribution in [-0.4, -0.2) is 22.6 Å². The standard InChI is InChI=1S/C21H32N6OS/c1-20-9-7-13(24-26-18(22)28)11-12(20)3-4-14-15-5-6-17(25-27-19(23)29)21(15,2)10-8-16(14)20/h11,14-16H,3-10H2,1-2H3,(H3,22,26,28)(H3,23,27,29)/b24-13+,25-17+/t14-,15-,16+,20+,21+/m1/s1. The van der Waals surface area contributed by atoms with E-state index in [-0.39, 0.29) is 15.9 Å². The van der Waals surface area contributed by atoms with Crippen LogP contribution in [0.3, 0.4) is 0 Å². The van der Waals surface area contributed by atoms with E-state index in [1.54, 1.807) is 0 Å². The van der Waals surface area contributed by atoms with Crippen LogP contribution in [0.5, 0.6) is 0 Å². The Kier molecular flexibility index (Phi) is 5.17. The van der Waals surface area contributed by atoms with Crippen LogP contribution in [-0.2, 0) is 0 Å². The van der Waals surface area contributed by atoms with Crippen molar-refractivity contribution in [1.29, 1.82) is 0 Å². The number of thiocarbonyl (C=S) groups is 1. The number of rotatable bonds is 2. The molecule has 3 fully saturated rings. The van der Waals surface area contributed by atoms with Gasteiger partial charge < -0.3 is 11.5 Å². The van der Waals surface area contributed by atoms with Crippen LogP contribution >= 0.6 is 12.2 Å². The third-order valence-corrected chi connectivity index (χ3v) is 8.42. The van der Waals surface area contributed by atoms with Gasteiger partial charge in [0.1, 0.15) is 0 Å². The Balaban J connectivity index is 1.57. The first-order valence-electron chi connectivity index (χ1n) is 10.7. The first-order valence-corrected chi connectivity index (χ1v) is 11.1. The molecule has 0 spiro atoms. The average Bonchev–Trinajstić information content (AvgIpc) is 3.01. The SMILES string of the molecule is C[C@]12CC/C(=N\NC(N)=O)C=C1CC[C@@H]1[C@H]3CC/C(=N\NC(N)=S)[C@@]3(C)CC[C@@H]12. The summed E-state index contributed by atoms with van der Waals surface area (Å²) in [4.78, 5) is 11.0. The van der Waals surface area contributed by atoms with Gasteiger partial charge in [0, 0.05) is 11.1 Å². The van der Waals surface area contributed by atoms with E-state index in [2.05, 4.69) is 41.0 Å². The van der Waals surface area contributed by atoms with E-state index >= 15 is 0 Å². The molecule has 0 aromatic rings. The number of hydrogen-bond acceptors (Lipinski definition) is 4. The number of allylic oxidation sites excluding steroid dienone is 2. The second-order valence-corrected chi connectivity index (χ2v) is 10.1. The lowest BCUT2D eigenvalue weighted by Crippen LogP contribution is -2.50. The minimum absolute atomic E-state index is 0.156. The van der Waals surface area contributed by atoms with Crippen molar-refractivity contribution in [2.75, 3.05) is 0 Å². The van der Waals surface area contributed by atoms with E-state index in [9.17, 15) is 4.79 Å². The highest BCUT2D eigenvalue weighted by molar-refractivity contribution is 7.80. The van der Waals surface area contributed by atoms with Crippen molar-refractivity contribution in [3.63, 3.8) is 0 Å². The number of urea groups is 1. The molecule has 4 aliphatic rings. The number of nitrogens with zero attached hydrogens (tertiary/aromatic N) is 2. The number of nitrogens with two attached hydrogens (primary N) is 2. The summed E-state index contributed by atoms with van der Waals surface area (Å²) in [6.45, 7) is 4.85. The van der Waals surface area contributed by atoms with Gasteiger partial charge in [-0.15, -0.1) is 0 Å². The Hall–Kier alpha value is -1.96. The summed E-state index contributed by atoms with van der Waals surface area (Å²) in [6.07, 6.45) is 11.2. The molecular weight excluding hydrogens is 384 g/mol. The van der Waals surface area contributed by atoms with Gasteiger partial charge in [0.05, 0.1) is 5.71 Å². The molecule has 0 radical (unpaired) electrons. The Morgan fingerprint density at radius 1 is 1.03 bits per heavy atom. The molecule has 0 unspecified atom stereocenters. The molecule has 6 N–H and O–H groups in total. The van der Waals surface area contributed by atoms with Crippen LogP contribution in [0.2, 0.25) is 0 Å². The number of fused-ring (bicyclic) bond motifs is 5. The summed E-state index contributed by atoms with van der Waals surface area (Å²) in [6, 6.07) is -0.608. The summed E-state index contributed by atoms with van der Waals surface area (Å²) < 4.78 is 0. The third kappa shape index (κ3) is 3.45. The highest BCUT2D eigenvalue weighted by Gasteiger charge is 2.58. The largest absolute Gasteiger partial charge is 0.375 e. The summed E-state index contributed by atoms with van der Waals surface area (Å²) >= 11 is 4.94. The molecule has 5 atom stereocenters. The fourth-order valence-electron chi connectivity index (χ4n) is 6.88. The van der Waals surface area contributed by atoms with Gasteiger partial charge in [0.2, 0.25) is 0 Å². The van der Waals surface area contributed by atoms with Crippen LogP contribution < -0.4 is 22.3 Å². The Bertz CT molecular complexity index is 820. The van der Waals surface area contributed by atoms with Gasteiger partial charge >= 0.3 is 6.03 Å². The van der Waals surface area contributed by atoms with E-state index in [1.807, 2.05) is 0 Å². The van der Waals surface area contributed by atoms with Crippen molar-refractivity contribution < 1.29 is 4.79 Å². The van der Waals surface area contributed by atoms with Gasteiger partial charge in [-0.2, -0.15) is 10.2 Å². The van der Waals surface area contributed by atoms with Crippen LogP contribution in [0.1, 0.15) is 65.2 Å². The maximum absolute atomic E-state index is 11.0. The highest BCUT2D eigenvalue weighted by Crippen LogP contribution is 2.64. The number of carbonyl (C=O) groups excluding carboxylic acids is 1. The monoisotopic (exact) mass is 416 g/mol. The fraction of sp³-hybridized carbons (Fsp3) is 0.714. The zero-order valence-electron chi connectivity index (χ0n) is 17.3. The van der Waals surface area contributed by atoms with Crippen LogP contribution in [0, 0.1) is 28.6 Å². The maximum atomic E-state index is 11.0. The molecule has 0 heterocycles. The molecule has 0 aromatic carbocycles. The van der Waals surface area contributed by atoms with E-state index in [4.69, 9.17) is 23.7 Å². The average molecular weight is 417 g/mol. The normalized spacial score (nSPS) is 41.2. The van der Waals surface area contributed by atoms with Crippen LogP contribution in [0.15, 0.2) is 21.9 Å². The van der Waals surface area contributed by atoms with Gasteiger partial charge in [-0.1, -0.05) is 19.4 Å². The van der Waals surface area contributed by atoms with E-state index in [1.165, 1.54) is 37.0 Å². The minimum Gasteiger partial charge on any atom is -0.375 e. The van der Waals surface area contributed by atoms with Gasteiger partial charge in [-0.3, -0.25) is 5.43 Å². The predicted octanol–water partition coefficient (Wildman–Crippen LogP) is 3.16. The molecule has 3 saturated carbocycles. The van der Waals surface area contributed by atoms with Gasteiger partial charge in [0.15, 0.2) is 5.11 Å². The summed E-state index contributed by atoms with van der Waals surface area (Å²) in [7, 11) is 0. The van der Waals surface area contributed by atoms with Crippen LogP contribution in [0.25, 0.3) is 0 Å². The molecule has 8 heteroatoms. The van der Waals surface area contributed by atoms with Gasteiger partial charge in [-0.05, 0) is 92.8 Å². The van der Waals surface area contributed by atoms with Crippen LogP contribution in [0.4, 0.5) is 4.79 Å². The first kappa shape index (κ1) is 20.3. The quantitative estimate of drug-likeness (QED) is 0.408. The maximum Gasteiger partial charge on any atom is 0.332 e. The molecule has 7 nitrogen and oxygen atoms in total. The number of primary amides is 1. The Morgan fingerprint density at radius 2 is 1.79 bits per heavy atom. The first-order chi connectivity index (χ1) is 13.7. The van der Waals surface area contributed by atoms with Crippen molar-refractivity contribution >= 4 is 34.8 Å². The minimum atomic E-state index is -0.608. The van der Waals surface area contributed by atoms with Crippen molar-refractivity contribution in [1.82, 2.24) is 10.9 Å². The number of nitrogens with one attached hydrogen (secondary N) is 2. The third-order valence-electron chi connectivity index (χ3n) is 8.33. The molecular formula is C21H32N6OS. The molecule has 0 saturated heterocycles. The van der Waals surface area contributed by atoms with E-state index in [0.29, 0.717) is 11.8 Å². The zero-order chi connectivity index (χ0) is 20.8. The predicted molar refractivity (Wildman–Crippen MR) is 119 cm³/mol. The Labute approximate surface area is 177 Å². The molecule has 0 aliphatic heterocycles. The van der Waals surface area contributed by atoms with Crippen molar-refractivity contribution in [3.8, 4) is 0 Å². The Morgan fingerprint density at radius 3 is 2.52 bits per heavy atom. The van der Waals surface area contributed by atoms with Gasteiger partial charge in [-0.25, -0.2) is 10.2 Å². The van der Waals surface area contributed by atoms with Crippen molar-refractivity contribution in [3.05, 3.63) is 11.6 Å².